The van der Waals surface area contributed by atoms with Crippen molar-refractivity contribution in [2.45, 2.75) is 45.1 Å². The molecular weight excluding hydrogens is 242 g/mol. The number of rotatable bonds is 3. The highest BCUT2D eigenvalue weighted by Gasteiger charge is 2.28. The molecule has 0 amide bonds. The molecule has 1 saturated heterocycles. The number of nitrogens with zero attached hydrogens (tertiary/aromatic N) is 2. The first-order chi connectivity index (χ1) is 8.44. The Labute approximate surface area is 115 Å². The van der Waals surface area contributed by atoms with Crippen molar-refractivity contribution in [3.63, 3.8) is 0 Å². The lowest BCUT2D eigenvalue weighted by atomic mass is 9.99. The molecule has 1 N–H and O–H groups in total. The largest absolute Gasteiger partial charge is 0.310 e. The minimum Gasteiger partial charge on any atom is -0.310 e. The van der Waals surface area contributed by atoms with Gasteiger partial charge in [0.25, 0.3) is 0 Å². The highest BCUT2D eigenvalue weighted by molar-refractivity contribution is 7.12. The molecule has 2 heterocycles. The maximum Gasteiger partial charge on any atom is 0.0975 e. The number of likely N-dealkylation sites (N-methyl/N-ethyl adjacent to an activating group) is 1. The molecule has 0 aromatic carbocycles. The minimum absolute atomic E-state index is 0.0283. The van der Waals surface area contributed by atoms with E-state index in [0.717, 1.165) is 6.54 Å². The van der Waals surface area contributed by atoms with E-state index in [-0.39, 0.29) is 5.54 Å². The fourth-order valence-electron chi connectivity index (χ4n) is 2.65. The summed E-state index contributed by atoms with van der Waals surface area (Å²) in [4.78, 5) is 8.64. The van der Waals surface area contributed by atoms with Gasteiger partial charge >= 0.3 is 0 Å². The van der Waals surface area contributed by atoms with Crippen LogP contribution in [0.3, 0.4) is 0 Å². The molecule has 1 unspecified atom stereocenters. The van der Waals surface area contributed by atoms with Crippen LogP contribution in [0.4, 0.5) is 0 Å². The number of hydrogen-bond acceptors (Lipinski definition) is 4. The SMILES string of the molecule is CNC(C)(C)c1sc(C2CCCN(C)C2)nc1C. The minimum atomic E-state index is 0.0283. The van der Waals surface area contributed by atoms with Crippen molar-refractivity contribution in [3.05, 3.63) is 15.6 Å². The standard InChI is InChI=1S/C14H25N3S/c1-10-12(14(2,3)15-4)18-13(16-10)11-7-6-8-17(5)9-11/h11,15H,6-9H2,1-5H3. The monoisotopic (exact) mass is 267 g/mol. The molecule has 4 heteroatoms. The van der Waals surface area contributed by atoms with Gasteiger partial charge < -0.3 is 10.2 Å². The average molecular weight is 267 g/mol. The number of thiazole rings is 1. The number of piperidine rings is 1. The summed E-state index contributed by atoms with van der Waals surface area (Å²) in [5.74, 6) is 0.633. The van der Waals surface area contributed by atoms with Crippen LogP contribution in [0.15, 0.2) is 0 Å². The summed E-state index contributed by atoms with van der Waals surface area (Å²) in [6, 6.07) is 0. The summed E-state index contributed by atoms with van der Waals surface area (Å²) in [6.45, 7) is 8.98. The zero-order valence-electron chi connectivity index (χ0n) is 12.2. The zero-order valence-corrected chi connectivity index (χ0v) is 13.0. The van der Waals surface area contributed by atoms with Crippen molar-refractivity contribution in [3.8, 4) is 0 Å². The van der Waals surface area contributed by atoms with Crippen molar-refractivity contribution in [1.29, 1.82) is 0 Å². The van der Waals surface area contributed by atoms with Gasteiger partial charge in [-0.05, 0) is 54.3 Å². The summed E-state index contributed by atoms with van der Waals surface area (Å²) in [6.07, 6.45) is 2.58. The van der Waals surface area contributed by atoms with Crippen molar-refractivity contribution in [2.24, 2.45) is 0 Å². The van der Waals surface area contributed by atoms with Crippen LogP contribution in [0, 0.1) is 6.92 Å². The van der Waals surface area contributed by atoms with E-state index < -0.39 is 0 Å². The number of hydrogen-bond donors (Lipinski definition) is 1. The molecule has 102 valence electrons. The van der Waals surface area contributed by atoms with Crippen molar-refractivity contribution >= 4 is 11.3 Å². The molecule has 18 heavy (non-hydrogen) atoms. The maximum absolute atomic E-state index is 4.83. The Morgan fingerprint density at radius 1 is 1.44 bits per heavy atom. The van der Waals surface area contributed by atoms with Crippen LogP contribution in [0.25, 0.3) is 0 Å². The first-order valence-corrected chi connectivity index (χ1v) is 7.61. The highest BCUT2D eigenvalue weighted by atomic mass is 32.1. The summed E-state index contributed by atoms with van der Waals surface area (Å²) in [5.41, 5.74) is 1.23. The molecule has 1 aromatic rings. The van der Waals surface area contributed by atoms with Crippen LogP contribution in [-0.2, 0) is 5.54 Å². The summed E-state index contributed by atoms with van der Waals surface area (Å²) in [7, 11) is 4.23. The van der Waals surface area contributed by atoms with E-state index >= 15 is 0 Å². The van der Waals surface area contributed by atoms with Crippen LogP contribution >= 0.6 is 11.3 Å². The zero-order chi connectivity index (χ0) is 13.3. The van der Waals surface area contributed by atoms with Crippen LogP contribution in [-0.4, -0.2) is 37.1 Å². The average Bonchev–Trinajstić information content (AvgIpc) is 2.72. The molecule has 1 aliphatic heterocycles. The topological polar surface area (TPSA) is 28.2 Å². The second-order valence-electron chi connectivity index (χ2n) is 5.94. The van der Waals surface area contributed by atoms with Crippen LogP contribution in [0.2, 0.25) is 0 Å². The third-order valence-electron chi connectivity index (χ3n) is 3.98. The molecule has 0 bridgehead atoms. The quantitative estimate of drug-likeness (QED) is 0.912. The molecule has 1 fully saturated rings. The Bertz CT molecular complexity index is 411. The van der Waals surface area contributed by atoms with Crippen LogP contribution in [0.5, 0.6) is 0 Å². The highest BCUT2D eigenvalue weighted by Crippen LogP contribution is 2.35. The Morgan fingerprint density at radius 2 is 2.17 bits per heavy atom. The molecule has 3 nitrogen and oxygen atoms in total. The summed E-state index contributed by atoms with van der Waals surface area (Å²) in [5, 5.41) is 4.71. The molecule has 0 aliphatic carbocycles. The van der Waals surface area contributed by atoms with E-state index in [9.17, 15) is 0 Å². The smallest absolute Gasteiger partial charge is 0.0975 e. The molecule has 0 radical (unpaired) electrons. The number of nitrogens with one attached hydrogen (secondary N) is 1. The summed E-state index contributed by atoms with van der Waals surface area (Å²) >= 11 is 1.90. The third-order valence-corrected chi connectivity index (χ3v) is 5.62. The molecule has 0 saturated carbocycles. The number of aromatic nitrogens is 1. The van der Waals surface area contributed by atoms with Gasteiger partial charge in [0.15, 0.2) is 0 Å². The Hall–Kier alpha value is -0.450. The lowest BCUT2D eigenvalue weighted by molar-refractivity contribution is 0.250. The number of aryl methyl sites for hydroxylation is 1. The fourth-order valence-corrected chi connectivity index (χ4v) is 3.95. The van der Waals surface area contributed by atoms with Gasteiger partial charge in [0.2, 0.25) is 0 Å². The van der Waals surface area contributed by atoms with E-state index in [1.807, 2.05) is 18.4 Å². The fraction of sp³-hybridized carbons (Fsp3) is 0.786. The van der Waals surface area contributed by atoms with E-state index in [1.54, 1.807) is 0 Å². The second kappa shape index (κ2) is 5.27. The lowest BCUT2D eigenvalue weighted by Crippen LogP contribution is -2.32. The van der Waals surface area contributed by atoms with E-state index in [0.29, 0.717) is 5.92 Å². The van der Waals surface area contributed by atoms with Gasteiger partial charge in [-0.15, -0.1) is 11.3 Å². The van der Waals surface area contributed by atoms with E-state index in [4.69, 9.17) is 4.98 Å². The lowest BCUT2D eigenvalue weighted by Gasteiger charge is -2.28. The molecule has 0 spiro atoms. The van der Waals surface area contributed by atoms with Gasteiger partial charge in [-0.3, -0.25) is 0 Å². The Balaban J connectivity index is 2.23. The van der Waals surface area contributed by atoms with Gasteiger partial charge in [-0.25, -0.2) is 4.98 Å². The van der Waals surface area contributed by atoms with Crippen LogP contribution < -0.4 is 5.32 Å². The van der Waals surface area contributed by atoms with Crippen molar-refractivity contribution in [2.75, 3.05) is 27.2 Å². The normalized spacial score (nSPS) is 22.4. The first kappa shape index (κ1) is 14.0. The predicted molar refractivity (Wildman–Crippen MR) is 78.4 cm³/mol. The predicted octanol–water partition coefficient (Wildman–Crippen LogP) is 2.72. The molecule has 2 rings (SSSR count). The van der Waals surface area contributed by atoms with Crippen molar-refractivity contribution < 1.29 is 0 Å². The maximum atomic E-state index is 4.83. The molecule has 1 atom stereocenters. The third kappa shape index (κ3) is 2.76. The summed E-state index contributed by atoms with van der Waals surface area (Å²) < 4.78 is 0. The van der Waals surface area contributed by atoms with Crippen molar-refractivity contribution in [1.82, 2.24) is 15.2 Å². The van der Waals surface area contributed by atoms with E-state index in [1.165, 1.54) is 35.0 Å². The van der Waals surface area contributed by atoms with Gasteiger partial charge in [0.05, 0.1) is 10.7 Å². The molecule has 1 aromatic heterocycles. The molecule has 1 aliphatic rings. The van der Waals surface area contributed by atoms with Gasteiger partial charge in [0, 0.05) is 22.9 Å². The van der Waals surface area contributed by atoms with Gasteiger partial charge in [-0.1, -0.05) is 0 Å². The number of likely N-dealkylation sites (tertiary alicyclic amines) is 1. The second-order valence-corrected chi connectivity index (χ2v) is 6.97. The van der Waals surface area contributed by atoms with E-state index in [2.05, 4.69) is 38.0 Å². The Kier molecular flexibility index (Phi) is 4.09. The first-order valence-electron chi connectivity index (χ1n) is 6.79. The van der Waals surface area contributed by atoms with Crippen LogP contribution in [0.1, 0.15) is 48.2 Å². The Morgan fingerprint density at radius 3 is 2.78 bits per heavy atom. The van der Waals surface area contributed by atoms with Gasteiger partial charge in [-0.2, -0.15) is 0 Å². The van der Waals surface area contributed by atoms with Gasteiger partial charge in [0.1, 0.15) is 0 Å². The molecular formula is C14H25N3S.